The SMILES string of the molecule is Cc1ccc(-c2ccc(-c3nc(-c4ccccc4)nc(-c4ccc(-c5c(-c6ccccc6)cccc5-c5ccccc5)cc4)n3)cc2)c(C)n1.Cc1ccc(-c2cccc(-c3nc(-c4ccccc4)nc(-c4ccc(-c5c(-c6ccccc6)cccc5-c5ccccc5)cc4)n3)c2)c(C)n1.Cc1ccc(-c2ccccc2-c2nc(-c3ccccc3)nc(-c3c(-c4ccccc4)cc(-c4ccccc4)cc3-c3ccccc3)n2)c(C)n1. The van der Waals surface area contributed by atoms with Crippen molar-refractivity contribution in [2.45, 2.75) is 41.5 Å². The minimum atomic E-state index is 0.606. The van der Waals surface area contributed by atoms with E-state index in [0.29, 0.717) is 52.4 Å². The topological polar surface area (TPSA) is 155 Å². The lowest BCUT2D eigenvalue weighted by Gasteiger charge is -2.19. The Morgan fingerprint density at radius 3 is 0.647 bits per heavy atom. The van der Waals surface area contributed by atoms with E-state index in [2.05, 4.69) is 437 Å². The molecule has 0 aliphatic heterocycles. The van der Waals surface area contributed by atoms with E-state index in [9.17, 15) is 0 Å². The lowest BCUT2D eigenvalue weighted by molar-refractivity contribution is 1.07. The predicted octanol–water partition coefficient (Wildman–Crippen LogP) is 34.7. The molecule has 12 heteroatoms. The Morgan fingerprint density at radius 1 is 0.100 bits per heavy atom. The monoisotopic (exact) mass is 1930 g/mol. The summed E-state index contributed by atoms with van der Waals surface area (Å²) in [5.74, 6) is 5.61. The molecule has 18 aromatic carbocycles. The lowest BCUT2D eigenvalue weighted by atomic mass is 9.87. The van der Waals surface area contributed by atoms with Gasteiger partial charge in [0.2, 0.25) is 0 Å². The fraction of sp³-hybridized carbons (Fsp3) is 0.0435. The lowest BCUT2D eigenvalue weighted by Crippen LogP contribution is -2.04. The second-order valence-corrected chi connectivity index (χ2v) is 37.1. The first-order chi connectivity index (χ1) is 73.8. The zero-order valence-corrected chi connectivity index (χ0v) is 83.9. The Labute approximate surface area is 875 Å². The van der Waals surface area contributed by atoms with Crippen molar-refractivity contribution < 1.29 is 0 Å². The fourth-order valence-corrected chi connectivity index (χ4v) is 19.6. The van der Waals surface area contributed by atoms with Gasteiger partial charge in [0.25, 0.3) is 0 Å². The maximum Gasteiger partial charge on any atom is 0.165 e. The summed E-state index contributed by atoms with van der Waals surface area (Å²) in [6, 6.07) is 177. The normalized spacial score (nSPS) is 11.0. The van der Waals surface area contributed by atoms with Crippen LogP contribution in [0.4, 0.5) is 0 Å². The quantitative estimate of drug-likeness (QED) is 0.0672. The van der Waals surface area contributed by atoms with E-state index in [-0.39, 0.29) is 0 Å². The summed E-state index contributed by atoms with van der Waals surface area (Å²) < 4.78 is 0. The van der Waals surface area contributed by atoms with E-state index in [1.165, 1.54) is 55.6 Å². The molecule has 0 atom stereocenters. The largest absolute Gasteiger partial charge is 0.258 e. The van der Waals surface area contributed by atoms with Crippen LogP contribution < -0.4 is 0 Å². The molecule has 0 N–H and O–H groups in total. The van der Waals surface area contributed by atoms with Crippen molar-refractivity contribution in [3.8, 4) is 236 Å². The predicted molar refractivity (Wildman–Crippen MR) is 615 cm³/mol. The Kier molecular flexibility index (Phi) is 27.9. The molecule has 24 rings (SSSR count). The third kappa shape index (κ3) is 21.1. The van der Waals surface area contributed by atoms with Gasteiger partial charge in [0.1, 0.15) is 0 Å². The van der Waals surface area contributed by atoms with Gasteiger partial charge in [0.15, 0.2) is 52.4 Å². The van der Waals surface area contributed by atoms with Gasteiger partial charge in [0, 0.05) is 101 Å². The maximum absolute atomic E-state index is 5.36. The molecule has 0 spiro atoms. The number of nitrogens with zero attached hydrogens (tertiary/aromatic N) is 12. The first-order valence-corrected chi connectivity index (χ1v) is 50.5. The number of pyridine rings is 3. The summed E-state index contributed by atoms with van der Waals surface area (Å²) in [4.78, 5) is 60.0. The minimum absolute atomic E-state index is 0.606. The van der Waals surface area contributed by atoms with Gasteiger partial charge in [-0.3, -0.25) is 15.0 Å². The van der Waals surface area contributed by atoms with E-state index in [1.54, 1.807) is 0 Å². The molecule has 714 valence electrons. The van der Waals surface area contributed by atoms with Crippen LogP contribution in [-0.2, 0) is 0 Å². The van der Waals surface area contributed by atoms with Gasteiger partial charge < -0.3 is 0 Å². The second-order valence-electron chi connectivity index (χ2n) is 37.1. The van der Waals surface area contributed by atoms with Crippen LogP contribution in [0.2, 0.25) is 0 Å². The van der Waals surface area contributed by atoms with Crippen LogP contribution in [0.1, 0.15) is 34.2 Å². The van der Waals surface area contributed by atoms with Crippen LogP contribution in [-0.4, -0.2) is 59.8 Å². The van der Waals surface area contributed by atoms with Gasteiger partial charge >= 0.3 is 0 Å². The van der Waals surface area contributed by atoms with Crippen molar-refractivity contribution in [2.75, 3.05) is 0 Å². The Bertz CT molecular complexity index is 8730. The molecule has 0 saturated heterocycles. The number of rotatable bonds is 21. The molecule has 0 unspecified atom stereocenters. The van der Waals surface area contributed by atoms with Crippen molar-refractivity contribution in [3.63, 3.8) is 0 Å². The van der Waals surface area contributed by atoms with Crippen molar-refractivity contribution >= 4 is 0 Å². The summed E-state index contributed by atoms with van der Waals surface area (Å²) in [5, 5.41) is 0. The second kappa shape index (κ2) is 43.9. The number of hydrogen-bond acceptors (Lipinski definition) is 12. The molecular weight excluding hydrogens is 1830 g/mol. The van der Waals surface area contributed by atoms with Crippen LogP contribution >= 0.6 is 0 Å². The smallest absolute Gasteiger partial charge is 0.165 e. The number of hydrogen-bond donors (Lipinski definition) is 0. The van der Waals surface area contributed by atoms with Crippen LogP contribution in [0.15, 0.2) is 510 Å². The Balaban J connectivity index is 0.000000127. The zero-order chi connectivity index (χ0) is 102. The highest BCUT2D eigenvalue weighted by Gasteiger charge is 2.27. The molecule has 150 heavy (non-hydrogen) atoms. The number of aromatic nitrogens is 12. The van der Waals surface area contributed by atoms with E-state index in [0.717, 1.165) is 162 Å². The van der Waals surface area contributed by atoms with Crippen LogP contribution in [0.5, 0.6) is 0 Å². The van der Waals surface area contributed by atoms with E-state index in [1.807, 2.05) is 119 Å². The average molecular weight is 1930 g/mol. The summed E-state index contributed by atoms with van der Waals surface area (Å²) in [6.45, 7) is 12.2. The van der Waals surface area contributed by atoms with Gasteiger partial charge in [0.05, 0.1) is 0 Å². The van der Waals surface area contributed by atoms with E-state index >= 15 is 0 Å². The third-order valence-corrected chi connectivity index (χ3v) is 27.0. The molecule has 0 fully saturated rings. The molecule has 6 aromatic heterocycles. The van der Waals surface area contributed by atoms with Gasteiger partial charge in [-0.15, -0.1) is 0 Å². The van der Waals surface area contributed by atoms with Gasteiger partial charge in [-0.1, -0.05) is 473 Å². The molecule has 0 aliphatic rings. The Morgan fingerprint density at radius 2 is 0.313 bits per heavy atom. The maximum atomic E-state index is 5.36. The minimum Gasteiger partial charge on any atom is -0.258 e. The first-order valence-electron chi connectivity index (χ1n) is 50.5. The highest BCUT2D eigenvalue weighted by molar-refractivity contribution is 6.00. The van der Waals surface area contributed by atoms with Crippen LogP contribution in [0.3, 0.4) is 0 Å². The molecular formula is C138H102N12. The number of aryl methyl sites for hydroxylation is 6. The van der Waals surface area contributed by atoms with E-state index in [4.69, 9.17) is 54.8 Å². The molecule has 24 aromatic rings. The molecule has 0 radical (unpaired) electrons. The van der Waals surface area contributed by atoms with Crippen molar-refractivity contribution in [1.82, 2.24) is 59.8 Å². The van der Waals surface area contributed by atoms with Gasteiger partial charge in [-0.05, 0) is 195 Å². The molecule has 0 bridgehead atoms. The van der Waals surface area contributed by atoms with Gasteiger partial charge in [-0.25, -0.2) is 44.9 Å². The summed E-state index contributed by atoms with van der Waals surface area (Å²) in [7, 11) is 0. The zero-order valence-electron chi connectivity index (χ0n) is 83.9. The number of benzene rings is 18. The third-order valence-electron chi connectivity index (χ3n) is 27.0. The molecule has 0 aliphatic carbocycles. The van der Waals surface area contributed by atoms with Crippen molar-refractivity contribution in [3.05, 3.63) is 544 Å². The van der Waals surface area contributed by atoms with Crippen LogP contribution in [0, 0.1) is 41.5 Å². The van der Waals surface area contributed by atoms with Crippen molar-refractivity contribution in [2.24, 2.45) is 0 Å². The summed E-state index contributed by atoms with van der Waals surface area (Å²) in [6.07, 6.45) is 0. The average Bonchev–Trinajstić information content (AvgIpc) is 0.748. The van der Waals surface area contributed by atoms with Gasteiger partial charge in [-0.2, -0.15) is 0 Å². The Hall–Kier alpha value is -19.6. The summed E-state index contributed by atoms with van der Waals surface area (Å²) >= 11 is 0. The first kappa shape index (κ1) is 95.3. The molecule has 6 heterocycles. The van der Waals surface area contributed by atoms with Crippen molar-refractivity contribution in [1.29, 1.82) is 0 Å². The highest BCUT2D eigenvalue weighted by Crippen LogP contribution is 2.48. The highest BCUT2D eigenvalue weighted by atomic mass is 15.1. The standard InChI is InChI=1S/3C46H34N4/c1-31-27-28-38(32(2)47-31)39-25-15-16-26-40(39)45-48-44(36-23-13-6-14-24-36)49-46(50-45)43-41(34-19-9-4-10-20-34)29-37(33-17-7-3-8-18-33)30-42(43)35-21-11-5-12-22-35;1-31-24-29-40(32(2)47-31)38-20-12-21-39(30-38)46-49-44(36-18-10-5-11-19-36)48-45(50-46)37-27-25-35(26-28-37)43-41(33-14-6-3-7-15-33)22-13-23-42(43)34-16-8-4-9-17-34;1-31-21-30-40(32(2)47-31)35-22-26-38(27-23-35)45-48-44(37-17-10-5-11-18-37)49-46(50-45)39-28-24-36(25-29-39)43-41(33-13-6-3-7-14-33)19-12-20-42(43)34-15-8-4-9-16-34/h3*3-30H,1-2H3. The fourth-order valence-electron chi connectivity index (χ4n) is 19.6. The molecule has 0 amide bonds. The molecule has 12 nitrogen and oxygen atoms in total. The summed E-state index contributed by atoms with van der Waals surface area (Å²) in [5.41, 5.74) is 41.4. The van der Waals surface area contributed by atoms with Crippen LogP contribution in [0.25, 0.3) is 236 Å². The van der Waals surface area contributed by atoms with E-state index < -0.39 is 0 Å². The molecule has 0 saturated carbocycles.